The lowest BCUT2D eigenvalue weighted by Crippen LogP contribution is -2.26. The first-order chi connectivity index (χ1) is 15.9. The van der Waals surface area contributed by atoms with Gasteiger partial charge in [0.1, 0.15) is 0 Å². The van der Waals surface area contributed by atoms with Crippen LogP contribution in [-0.4, -0.2) is 45.7 Å². The highest BCUT2D eigenvalue weighted by molar-refractivity contribution is 5.53. The van der Waals surface area contributed by atoms with Crippen molar-refractivity contribution in [3.63, 3.8) is 0 Å². The molecular weight excluding hydrogens is 425 g/mol. The van der Waals surface area contributed by atoms with Crippen molar-refractivity contribution in [1.29, 1.82) is 0 Å². The number of hydrogen-bond donors (Lipinski definition) is 3. The average Bonchev–Trinajstić information content (AvgIpc) is 2.82. The standard InChI is InChI=1S/C10H11F3.C8H11N.C6H15N3.C2H6/c1-2-5-8-6-3-4-7-9(8)10(11,12)13;1-2-9-8-6-4-3-5-7-8;1-3-8-4-5-9-6-7-2;1-2/h2-3,6H,1,4-5,7H2;3-7,9H,2H2,1H3;6,8H,3-5H2,1-2H3,(H,7,9);1-2H3. The first-order valence-electron chi connectivity index (χ1n) is 11.6. The number of nitrogens with zero attached hydrogens (tertiary/aromatic N) is 1. The summed E-state index contributed by atoms with van der Waals surface area (Å²) in [6, 6.07) is 10.2. The van der Waals surface area contributed by atoms with E-state index in [1.807, 2.05) is 32.0 Å². The smallest absolute Gasteiger partial charge is 0.385 e. The Labute approximate surface area is 199 Å². The molecular formula is C26H43F3N4. The van der Waals surface area contributed by atoms with Gasteiger partial charge in [-0.15, -0.1) is 6.58 Å². The minimum atomic E-state index is -4.18. The number of alkyl halides is 3. The fourth-order valence-corrected chi connectivity index (χ4v) is 2.64. The van der Waals surface area contributed by atoms with Crippen LogP contribution in [0.5, 0.6) is 0 Å². The van der Waals surface area contributed by atoms with E-state index in [4.69, 9.17) is 0 Å². The van der Waals surface area contributed by atoms with Crippen LogP contribution in [0.2, 0.25) is 0 Å². The number of aliphatic imine (C=N–C) groups is 1. The molecule has 7 heteroatoms. The van der Waals surface area contributed by atoms with Crippen molar-refractivity contribution in [3.05, 3.63) is 66.3 Å². The van der Waals surface area contributed by atoms with Crippen LogP contribution in [0.3, 0.4) is 0 Å². The van der Waals surface area contributed by atoms with Gasteiger partial charge in [-0.1, -0.05) is 57.2 Å². The van der Waals surface area contributed by atoms with E-state index in [0.717, 1.165) is 26.2 Å². The van der Waals surface area contributed by atoms with Gasteiger partial charge < -0.3 is 16.0 Å². The topological polar surface area (TPSA) is 48.5 Å². The summed E-state index contributed by atoms with van der Waals surface area (Å²) in [5.41, 5.74) is 1.16. The van der Waals surface area contributed by atoms with Crippen LogP contribution in [0, 0.1) is 0 Å². The summed E-state index contributed by atoms with van der Waals surface area (Å²) in [6.07, 6.45) is 3.23. The Bertz CT molecular complexity index is 666. The molecule has 1 aliphatic carbocycles. The van der Waals surface area contributed by atoms with Gasteiger partial charge in [0.15, 0.2) is 0 Å². The van der Waals surface area contributed by atoms with Crippen LogP contribution in [0.4, 0.5) is 18.9 Å². The largest absolute Gasteiger partial charge is 0.412 e. The van der Waals surface area contributed by atoms with E-state index in [1.165, 1.54) is 11.8 Å². The molecule has 0 amide bonds. The molecule has 0 heterocycles. The van der Waals surface area contributed by atoms with Crippen LogP contribution >= 0.6 is 0 Å². The minimum Gasteiger partial charge on any atom is -0.385 e. The molecule has 0 unspecified atom stereocenters. The number of allylic oxidation sites excluding steroid dienone is 5. The van der Waals surface area contributed by atoms with Gasteiger partial charge in [0.05, 0.1) is 6.34 Å². The van der Waals surface area contributed by atoms with E-state index in [-0.39, 0.29) is 6.42 Å². The zero-order valence-corrected chi connectivity index (χ0v) is 20.9. The Morgan fingerprint density at radius 3 is 2.24 bits per heavy atom. The third kappa shape index (κ3) is 18.7. The lowest BCUT2D eigenvalue weighted by Gasteiger charge is -2.17. The minimum absolute atomic E-state index is 0.100. The molecule has 1 aromatic carbocycles. The lowest BCUT2D eigenvalue weighted by molar-refractivity contribution is -0.0948. The highest BCUT2D eigenvalue weighted by Crippen LogP contribution is 2.35. The third-order valence-corrected chi connectivity index (χ3v) is 4.05. The van der Waals surface area contributed by atoms with E-state index >= 15 is 0 Å². The van der Waals surface area contributed by atoms with Gasteiger partial charge >= 0.3 is 6.18 Å². The molecule has 0 aliphatic heterocycles. The van der Waals surface area contributed by atoms with E-state index in [9.17, 15) is 13.2 Å². The molecule has 188 valence electrons. The Hall–Kier alpha value is -2.54. The maximum absolute atomic E-state index is 12.4. The van der Waals surface area contributed by atoms with Crippen molar-refractivity contribution in [2.45, 2.75) is 53.1 Å². The maximum Gasteiger partial charge on any atom is 0.412 e. The predicted octanol–water partition coefficient (Wildman–Crippen LogP) is 6.76. The van der Waals surface area contributed by atoms with E-state index in [1.54, 1.807) is 25.5 Å². The second-order valence-electron chi connectivity index (χ2n) is 6.53. The fraction of sp³-hybridized carbons (Fsp3) is 0.500. The number of benzene rings is 1. The average molecular weight is 469 g/mol. The van der Waals surface area contributed by atoms with Crippen LogP contribution in [-0.2, 0) is 0 Å². The number of anilines is 1. The van der Waals surface area contributed by atoms with Crippen molar-refractivity contribution in [3.8, 4) is 0 Å². The molecule has 0 saturated carbocycles. The highest BCUT2D eigenvalue weighted by atomic mass is 19.4. The van der Waals surface area contributed by atoms with E-state index in [0.29, 0.717) is 18.4 Å². The Morgan fingerprint density at radius 2 is 1.73 bits per heavy atom. The zero-order chi connectivity index (χ0) is 25.4. The monoisotopic (exact) mass is 468 g/mol. The Morgan fingerprint density at radius 1 is 1.06 bits per heavy atom. The predicted molar refractivity (Wildman–Crippen MR) is 139 cm³/mol. The zero-order valence-electron chi connectivity index (χ0n) is 20.9. The van der Waals surface area contributed by atoms with Gasteiger partial charge in [-0.25, -0.2) is 0 Å². The third-order valence-electron chi connectivity index (χ3n) is 4.05. The second-order valence-corrected chi connectivity index (χ2v) is 6.53. The molecule has 2 rings (SSSR count). The Kier molecular flexibility index (Phi) is 22.4. The second kappa shape index (κ2) is 22.6. The number of rotatable bonds is 9. The summed E-state index contributed by atoms with van der Waals surface area (Å²) in [6.45, 7) is 15.6. The van der Waals surface area contributed by atoms with Crippen LogP contribution < -0.4 is 16.0 Å². The Balaban J connectivity index is 0. The van der Waals surface area contributed by atoms with Gasteiger partial charge in [0, 0.05) is 37.9 Å². The molecule has 0 fully saturated rings. The number of likely N-dealkylation sites (N-methyl/N-ethyl adjacent to an activating group) is 1. The lowest BCUT2D eigenvalue weighted by atomic mass is 9.95. The molecule has 0 atom stereocenters. The molecule has 1 aromatic rings. The molecule has 0 saturated heterocycles. The summed E-state index contributed by atoms with van der Waals surface area (Å²) < 4.78 is 37.2. The SMILES string of the molecule is C=CCC1=C(C(F)(F)F)CCC=C1.CC.CCNCCNC=NC.CCNc1ccccc1. The summed E-state index contributed by atoms with van der Waals surface area (Å²) >= 11 is 0. The molecule has 0 radical (unpaired) electrons. The summed E-state index contributed by atoms with van der Waals surface area (Å²) in [7, 11) is 1.75. The van der Waals surface area contributed by atoms with Crippen molar-refractivity contribution >= 4 is 12.0 Å². The number of hydrogen-bond acceptors (Lipinski definition) is 3. The first-order valence-corrected chi connectivity index (χ1v) is 11.6. The summed E-state index contributed by atoms with van der Waals surface area (Å²) in [5.74, 6) is 0. The van der Waals surface area contributed by atoms with E-state index in [2.05, 4.69) is 53.5 Å². The molecule has 3 N–H and O–H groups in total. The van der Waals surface area contributed by atoms with Gasteiger partial charge in [-0.05, 0) is 50.4 Å². The normalized spacial score (nSPS) is 12.5. The van der Waals surface area contributed by atoms with Gasteiger partial charge in [-0.3, -0.25) is 4.99 Å². The van der Waals surface area contributed by atoms with Gasteiger partial charge in [0.2, 0.25) is 0 Å². The van der Waals surface area contributed by atoms with Crippen LogP contribution in [0.1, 0.15) is 47.0 Å². The summed E-state index contributed by atoms with van der Waals surface area (Å²) in [5, 5.41) is 9.41. The molecule has 0 aromatic heterocycles. The first kappa shape index (κ1) is 32.6. The van der Waals surface area contributed by atoms with Crippen molar-refractivity contribution < 1.29 is 13.2 Å². The van der Waals surface area contributed by atoms with Crippen LogP contribution in [0.25, 0.3) is 0 Å². The van der Waals surface area contributed by atoms with Crippen LogP contribution in [0.15, 0.2) is 71.3 Å². The molecule has 0 spiro atoms. The van der Waals surface area contributed by atoms with Crippen molar-refractivity contribution in [2.24, 2.45) is 4.99 Å². The summed E-state index contributed by atoms with van der Waals surface area (Å²) in [4.78, 5) is 3.77. The number of halogens is 3. The number of nitrogens with one attached hydrogen (secondary N) is 3. The number of para-hydroxylation sites is 1. The van der Waals surface area contributed by atoms with Gasteiger partial charge in [0.25, 0.3) is 0 Å². The quantitative estimate of drug-likeness (QED) is 0.162. The molecule has 4 nitrogen and oxygen atoms in total. The fourth-order valence-electron chi connectivity index (χ4n) is 2.64. The highest BCUT2D eigenvalue weighted by Gasteiger charge is 2.35. The van der Waals surface area contributed by atoms with Crippen molar-refractivity contribution in [1.82, 2.24) is 10.6 Å². The van der Waals surface area contributed by atoms with E-state index < -0.39 is 11.7 Å². The molecule has 0 bridgehead atoms. The van der Waals surface area contributed by atoms with Gasteiger partial charge in [-0.2, -0.15) is 13.2 Å². The van der Waals surface area contributed by atoms with Crippen molar-refractivity contribution in [2.75, 3.05) is 38.5 Å². The maximum atomic E-state index is 12.4. The molecule has 1 aliphatic rings. The molecule has 33 heavy (non-hydrogen) atoms.